The Labute approximate surface area is 159 Å². The quantitative estimate of drug-likeness (QED) is 0.177. The Morgan fingerprint density at radius 1 is 0.786 bits per heavy atom. The summed E-state index contributed by atoms with van der Waals surface area (Å²) in [5.41, 5.74) is 5.38. The lowest BCUT2D eigenvalue weighted by Crippen LogP contribution is -2.57. The van der Waals surface area contributed by atoms with Crippen LogP contribution in [-0.4, -0.2) is 75.1 Å². The Bertz CT molecular complexity index is 635. The molecule has 4 atom stereocenters. The third kappa shape index (κ3) is 9.47. The first-order valence-electron chi connectivity index (χ1n) is 8.18. The fourth-order valence-corrected chi connectivity index (χ4v) is 1.87. The SMILES string of the molecule is CC(N)C(=O)NC(CCC(=O)O)C(=O)NC(CC(=O)O)C(=O)NC(C)C(=O)O. The predicted octanol–water partition coefficient (Wildman–Crippen LogP) is -2.77. The lowest BCUT2D eigenvalue weighted by molar-refractivity contribution is -0.143. The molecule has 158 valence electrons. The zero-order valence-electron chi connectivity index (χ0n) is 15.3. The summed E-state index contributed by atoms with van der Waals surface area (Å²) in [5.74, 6) is -6.92. The van der Waals surface area contributed by atoms with Crippen molar-refractivity contribution in [2.75, 3.05) is 0 Å². The van der Waals surface area contributed by atoms with E-state index in [1.165, 1.54) is 6.92 Å². The van der Waals surface area contributed by atoms with Gasteiger partial charge in [-0.3, -0.25) is 28.8 Å². The van der Waals surface area contributed by atoms with Crippen LogP contribution in [0.4, 0.5) is 0 Å². The molecule has 3 amide bonds. The number of hydrogen-bond donors (Lipinski definition) is 7. The number of hydrogen-bond acceptors (Lipinski definition) is 7. The number of carbonyl (C=O) groups is 6. The summed E-state index contributed by atoms with van der Waals surface area (Å²) >= 11 is 0. The summed E-state index contributed by atoms with van der Waals surface area (Å²) in [6.45, 7) is 2.47. The highest BCUT2D eigenvalue weighted by Gasteiger charge is 2.30. The van der Waals surface area contributed by atoms with Crippen LogP contribution in [0.3, 0.4) is 0 Å². The van der Waals surface area contributed by atoms with Crippen molar-refractivity contribution >= 4 is 35.6 Å². The van der Waals surface area contributed by atoms with E-state index in [2.05, 4.69) is 10.6 Å². The number of amides is 3. The van der Waals surface area contributed by atoms with Gasteiger partial charge in [-0.2, -0.15) is 0 Å². The minimum absolute atomic E-state index is 0.341. The lowest BCUT2D eigenvalue weighted by atomic mass is 10.1. The first-order chi connectivity index (χ1) is 12.8. The molecule has 0 fully saturated rings. The van der Waals surface area contributed by atoms with E-state index < -0.39 is 72.6 Å². The maximum Gasteiger partial charge on any atom is 0.325 e. The van der Waals surface area contributed by atoms with E-state index in [0.717, 1.165) is 6.92 Å². The topological polar surface area (TPSA) is 225 Å². The largest absolute Gasteiger partial charge is 0.481 e. The van der Waals surface area contributed by atoms with Crippen LogP contribution < -0.4 is 21.7 Å². The number of nitrogens with two attached hydrogens (primary N) is 1. The highest BCUT2D eigenvalue weighted by Crippen LogP contribution is 2.02. The fraction of sp³-hybridized carbons (Fsp3) is 0.600. The van der Waals surface area contributed by atoms with E-state index >= 15 is 0 Å². The number of nitrogens with one attached hydrogen (secondary N) is 3. The Kier molecular flexibility index (Phi) is 10.2. The van der Waals surface area contributed by atoms with Crippen molar-refractivity contribution in [1.82, 2.24) is 16.0 Å². The minimum atomic E-state index is -1.65. The van der Waals surface area contributed by atoms with E-state index in [1.807, 2.05) is 5.32 Å². The third-order valence-electron chi connectivity index (χ3n) is 3.43. The zero-order chi connectivity index (χ0) is 22.0. The maximum absolute atomic E-state index is 12.4. The highest BCUT2D eigenvalue weighted by atomic mass is 16.4. The number of aliphatic carboxylic acids is 3. The molecule has 0 aromatic rings. The summed E-state index contributed by atoms with van der Waals surface area (Å²) < 4.78 is 0. The molecule has 0 bridgehead atoms. The molecule has 0 saturated heterocycles. The molecule has 0 aliphatic heterocycles. The smallest absolute Gasteiger partial charge is 0.325 e. The van der Waals surface area contributed by atoms with Crippen molar-refractivity contribution < 1.29 is 44.1 Å². The predicted molar refractivity (Wildman–Crippen MR) is 91.9 cm³/mol. The second-order valence-corrected chi connectivity index (χ2v) is 6.01. The average Bonchev–Trinajstić information content (AvgIpc) is 2.56. The van der Waals surface area contributed by atoms with Crippen LogP contribution >= 0.6 is 0 Å². The van der Waals surface area contributed by atoms with Crippen LogP contribution in [-0.2, 0) is 28.8 Å². The van der Waals surface area contributed by atoms with Crippen LogP contribution in [0.5, 0.6) is 0 Å². The van der Waals surface area contributed by atoms with E-state index in [1.54, 1.807) is 0 Å². The molecule has 0 saturated carbocycles. The van der Waals surface area contributed by atoms with E-state index in [4.69, 9.17) is 21.1 Å². The van der Waals surface area contributed by atoms with Crippen LogP contribution in [0, 0.1) is 0 Å². The molecule has 0 heterocycles. The van der Waals surface area contributed by atoms with Crippen LogP contribution in [0.25, 0.3) is 0 Å². The van der Waals surface area contributed by atoms with Gasteiger partial charge in [-0.15, -0.1) is 0 Å². The van der Waals surface area contributed by atoms with Gasteiger partial charge in [0.1, 0.15) is 18.1 Å². The molecule has 0 rings (SSSR count). The first kappa shape index (κ1) is 24.8. The highest BCUT2D eigenvalue weighted by molar-refractivity contribution is 5.95. The van der Waals surface area contributed by atoms with Gasteiger partial charge in [0.25, 0.3) is 0 Å². The zero-order valence-corrected chi connectivity index (χ0v) is 15.3. The van der Waals surface area contributed by atoms with Crippen LogP contribution in [0.1, 0.15) is 33.1 Å². The second kappa shape index (κ2) is 11.5. The van der Waals surface area contributed by atoms with Crippen LogP contribution in [0.2, 0.25) is 0 Å². The van der Waals surface area contributed by atoms with Gasteiger partial charge in [0, 0.05) is 6.42 Å². The standard InChI is InChI=1S/C15H24N4O9/c1-6(16)12(24)18-8(3-4-10(20)21)13(25)19-9(5-11(22)23)14(26)17-7(2)15(27)28/h6-9H,3-5,16H2,1-2H3,(H,17,26)(H,18,24)(H,19,25)(H,20,21)(H,22,23)(H,27,28). The third-order valence-corrected chi connectivity index (χ3v) is 3.43. The molecule has 8 N–H and O–H groups in total. The van der Waals surface area contributed by atoms with Gasteiger partial charge < -0.3 is 37.0 Å². The van der Waals surface area contributed by atoms with Gasteiger partial charge in [-0.05, 0) is 20.3 Å². The Morgan fingerprint density at radius 2 is 1.29 bits per heavy atom. The number of carboxylic acids is 3. The Morgan fingerprint density at radius 3 is 1.71 bits per heavy atom. The second-order valence-electron chi connectivity index (χ2n) is 6.01. The average molecular weight is 404 g/mol. The van der Waals surface area contributed by atoms with Gasteiger partial charge in [0.15, 0.2) is 0 Å². The maximum atomic E-state index is 12.4. The molecular formula is C15H24N4O9. The Balaban J connectivity index is 5.33. The molecule has 0 aliphatic carbocycles. The molecule has 0 aromatic carbocycles. The minimum Gasteiger partial charge on any atom is -0.481 e. The molecule has 0 aromatic heterocycles. The summed E-state index contributed by atoms with van der Waals surface area (Å²) in [6, 6.07) is -5.39. The summed E-state index contributed by atoms with van der Waals surface area (Å²) in [7, 11) is 0. The molecule has 4 unspecified atom stereocenters. The van der Waals surface area contributed by atoms with Gasteiger partial charge >= 0.3 is 17.9 Å². The van der Waals surface area contributed by atoms with E-state index in [9.17, 15) is 28.8 Å². The normalized spacial score (nSPS) is 14.7. The number of carboxylic acid groups (broad SMARTS) is 3. The van der Waals surface area contributed by atoms with Crippen molar-refractivity contribution in [3.8, 4) is 0 Å². The van der Waals surface area contributed by atoms with Gasteiger partial charge in [-0.25, -0.2) is 0 Å². The van der Waals surface area contributed by atoms with E-state index in [0.29, 0.717) is 0 Å². The van der Waals surface area contributed by atoms with Gasteiger partial charge in [0.05, 0.1) is 12.5 Å². The van der Waals surface area contributed by atoms with E-state index in [-0.39, 0.29) is 6.42 Å². The Hall–Kier alpha value is -3.22. The molecular weight excluding hydrogens is 380 g/mol. The summed E-state index contributed by atoms with van der Waals surface area (Å²) in [4.78, 5) is 68.7. The first-order valence-corrected chi connectivity index (χ1v) is 8.18. The monoisotopic (exact) mass is 404 g/mol. The van der Waals surface area contributed by atoms with Crippen molar-refractivity contribution in [3.63, 3.8) is 0 Å². The molecule has 13 nitrogen and oxygen atoms in total. The molecule has 0 spiro atoms. The van der Waals surface area contributed by atoms with Gasteiger partial charge in [0.2, 0.25) is 17.7 Å². The molecule has 0 aliphatic rings. The van der Waals surface area contributed by atoms with Crippen molar-refractivity contribution in [3.05, 3.63) is 0 Å². The van der Waals surface area contributed by atoms with Crippen LogP contribution in [0.15, 0.2) is 0 Å². The van der Waals surface area contributed by atoms with Gasteiger partial charge in [-0.1, -0.05) is 0 Å². The number of rotatable bonds is 12. The summed E-state index contributed by atoms with van der Waals surface area (Å²) in [5, 5.41) is 32.8. The van der Waals surface area contributed by atoms with Crippen molar-refractivity contribution in [2.24, 2.45) is 5.73 Å². The van der Waals surface area contributed by atoms with Crippen molar-refractivity contribution in [1.29, 1.82) is 0 Å². The lowest BCUT2D eigenvalue weighted by Gasteiger charge is -2.23. The molecule has 0 radical (unpaired) electrons. The van der Waals surface area contributed by atoms with Crippen molar-refractivity contribution in [2.45, 2.75) is 57.3 Å². The molecule has 13 heteroatoms. The fourth-order valence-electron chi connectivity index (χ4n) is 1.87. The number of carbonyl (C=O) groups excluding carboxylic acids is 3. The summed E-state index contributed by atoms with van der Waals surface area (Å²) in [6.07, 6.45) is -1.70. The molecule has 28 heavy (non-hydrogen) atoms.